The first-order valence-electron chi connectivity index (χ1n) is 14.1. The van der Waals surface area contributed by atoms with Gasteiger partial charge in [0, 0.05) is 57.9 Å². The number of anilines is 1. The lowest BCUT2D eigenvalue weighted by Gasteiger charge is -2.49. The largest absolute Gasteiger partial charge is 0.483 e. The smallest absolute Gasteiger partial charge is 0.262 e. The van der Waals surface area contributed by atoms with Crippen LogP contribution in [0.3, 0.4) is 0 Å². The first kappa shape index (κ1) is 29.6. The Balaban J connectivity index is 1.60. The number of para-hydroxylation sites is 1. The number of rotatable bonds is 6. The molecule has 6 nitrogen and oxygen atoms in total. The second kappa shape index (κ2) is 11.1. The zero-order valence-corrected chi connectivity index (χ0v) is 26.5. The first-order valence-corrected chi connectivity index (χ1v) is 15.2. The monoisotopic (exact) mass is 638 g/mol. The summed E-state index contributed by atoms with van der Waals surface area (Å²) >= 11 is 9.81. The van der Waals surface area contributed by atoms with Gasteiger partial charge in [-0.2, -0.15) is 0 Å². The van der Waals surface area contributed by atoms with Gasteiger partial charge in [-0.05, 0) is 60.9 Å². The number of hydrogen-bond acceptors (Lipinski definition) is 5. The fourth-order valence-corrected chi connectivity index (χ4v) is 7.07. The van der Waals surface area contributed by atoms with Crippen molar-refractivity contribution < 1.29 is 19.1 Å². The van der Waals surface area contributed by atoms with Crippen LogP contribution in [0, 0.1) is 10.8 Å². The van der Waals surface area contributed by atoms with Crippen molar-refractivity contribution >= 4 is 50.7 Å². The molecule has 0 fully saturated rings. The number of benzene rings is 2. The molecule has 0 atom stereocenters. The highest BCUT2D eigenvalue weighted by atomic mass is 79.9. The zero-order chi connectivity index (χ0) is 29.7. The van der Waals surface area contributed by atoms with Crippen LogP contribution in [0.4, 0.5) is 5.69 Å². The Hall–Kier alpha value is -2.90. The fraction of sp³-hybridized carbons (Fsp3) is 0.424. The number of carbonyl (C=O) groups excluding carboxylic acids is 3. The lowest BCUT2D eigenvalue weighted by molar-refractivity contribution is -0.120. The van der Waals surface area contributed by atoms with Crippen LogP contribution in [0.2, 0.25) is 5.02 Å². The third-order valence-electron chi connectivity index (χ3n) is 8.13. The van der Waals surface area contributed by atoms with E-state index in [4.69, 9.17) is 16.3 Å². The van der Waals surface area contributed by atoms with Crippen LogP contribution in [0.5, 0.6) is 5.75 Å². The minimum absolute atomic E-state index is 0.0614. The van der Waals surface area contributed by atoms with Crippen molar-refractivity contribution in [1.29, 1.82) is 0 Å². The Labute approximate surface area is 255 Å². The van der Waals surface area contributed by atoms with E-state index in [-0.39, 0.29) is 34.9 Å². The predicted molar refractivity (Wildman–Crippen MR) is 165 cm³/mol. The number of allylic oxidation sites excluding steroid dienone is 4. The summed E-state index contributed by atoms with van der Waals surface area (Å²) in [6, 6.07) is 12.6. The van der Waals surface area contributed by atoms with Gasteiger partial charge in [0.15, 0.2) is 18.2 Å². The molecule has 216 valence electrons. The minimum atomic E-state index is -0.561. The second-order valence-electron chi connectivity index (χ2n) is 12.8. The minimum Gasteiger partial charge on any atom is -0.483 e. The molecule has 5 rings (SSSR count). The Morgan fingerprint density at radius 1 is 0.976 bits per heavy atom. The summed E-state index contributed by atoms with van der Waals surface area (Å²) < 4.78 is 6.93. The van der Waals surface area contributed by atoms with E-state index >= 15 is 0 Å². The number of ether oxygens (including phenoxy) is 1. The number of ketones is 2. The van der Waals surface area contributed by atoms with Crippen LogP contribution < -0.4 is 10.1 Å². The summed E-state index contributed by atoms with van der Waals surface area (Å²) in [7, 11) is 0. The summed E-state index contributed by atoms with van der Waals surface area (Å²) in [6.07, 6.45) is 2.31. The van der Waals surface area contributed by atoms with E-state index in [2.05, 4.69) is 60.8 Å². The number of Topliss-reactive ketones (excluding diaryl/α,β-unsaturated/α-hetero) is 2. The van der Waals surface area contributed by atoms with Gasteiger partial charge >= 0.3 is 0 Å². The quantitative estimate of drug-likeness (QED) is 0.349. The number of hydrogen-bond donors (Lipinski definition) is 1. The maximum absolute atomic E-state index is 13.9. The molecule has 8 heteroatoms. The van der Waals surface area contributed by atoms with Crippen molar-refractivity contribution in [2.75, 3.05) is 18.5 Å². The lowest BCUT2D eigenvalue weighted by Crippen LogP contribution is -2.44. The van der Waals surface area contributed by atoms with Gasteiger partial charge in [-0.3, -0.25) is 14.4 Å². The summed E-state index contributed by atoms with van der Waals surface area (Å²) in [5, 5.41) is 3.22. The average molecular weight is 640 g/mol. The Morgan fingerprint density at radius 3 is 2.12 bits per heavy atom. The van der Waals surface area contributed by atoms with E-state index in [9.17, 15) is 14.4 Å². The molecular weight excluding hydrogens is 604 g/mol. The zero-order valence-electron chi connectivity index (χ0n) is 24.2. The average Bonchev–Trinajstić information content (AvgIpc) is 2.87. The van der Waals surface area contributed by atoms with E-state index in [0.29, 0.717) is 52.6 Å². The third-order valence-corrected chi connectivity index (χ3v) is 8.95. The summed E-state index contributed by atoms with van der Waals surface area (Å²) in [5.74, 6) is -0.336. The van der Waals surface area contributed by atoms with Crippen LogP contribution in [-0.4, -0.2) is 35.5 Å². The van der Waals surface area contributed by atoms with Gasteiger partial charge in [-0.15, -0.1) is 0 Å². The molecular formula is C33H36BrClN2O4. The van der Waals surface area contributed by atoms with Crippen LogP contribution in [0.1, 0.15) is 71.8 Å². The predicted octanol–water partition coefficient (Wildman–Crippen LogP) is 7.83. The summed E-state index contributed by atoms with van der Waals surface area (Å²) in [5.41, 5.74) is 4.21. The standard InChI is InChI=1S/C33H36BrClN2O4/c1-6-37-23-14-32(2,3)16-25(38)30(23)29(31-24(37)15-33(4,5)17-26(31)39)20-13-19(34)11-12-27(20)41-18-28(40)36-22-10-8-7-9-21(22)35/h7-13,29H,6,14-18H2,1-5H3,(H,36,40). The van der Waals surface area contributed by atoms with Crippen LogP contribution >= 0.6 is 27.5 Å². The first-order chi connectivity index (χ1) is 19.3. The van der Waals surface area contributed by atoms with Crippen molar-refractivity contribution in [2.24, 2.45) is 10.8 Å². The molecule has 1 N–H and O–H groups in total. The molecule has 1 amide bonds. The highest BCUT2D eigenvalue weighted by Crippen LogP contribution is 2.55. The molecule has 0 radical (unpaired) electrons. The van der Waals surface area contributed by atoms with Crippen LogP contribution in [-0.2, 0) is 14.4 Å². The molecule has 3 aliphatic rings. The highest BCUT2D eigenvalue weighted by molar-refractivity contribution is 9.10. The number of carbonyl (C=O) groups is 3. The third kappa shape index (κ3) is 5.89. The van der Waals surface area contributed by atoms with Crippen molar-refractivity contribution in [3.63, 3.8) is 0 Å². The molecule has 0 bridgehead atoms. The Morgan fingerprint density at radius 2 is 1.56 bits per heavy atom. The molecule has 1 heterocycles. The Bertz CT molecular complexity index is 1450. The molecule has 41 heavy (non-hydrogen) atoms. The Kier molecular flexibility index (Phi) is 7.99. The number of halogens is 2. The van der Waals surface area contributed by atoms with E-state index in [1.165, 1.54) is 0 Å². The van der Waals surface area contributed by atoms with E-state index < -0.39 is 5.92 Å². The van der Waals surface area contributed by atoms with Crippen LogP contribution in [0.25, 0.3) is 0 Å². The maximum Gasteiger partial charge on any atom is 0.262 e. The highest BCUT2D eigenvalue weighted by Gasteiger charge is 2.49. The molecule has 0 aromatic heterocycles. The van der Waals surface area contributed by atoms with Gasteiger partial charge in [0.05, 0.1) is 10.7 Å². The molecule has 1 aliphatic heterocycles. The van der Waals surface area contributed by atoms with Gasteiger partial charge < -0.3 is 15.0 Å². The summed E-state index contributed by atoms with van der Waals surface area (Å²) in [4.78, 5) is 43.0. The van der Waals surface area contributed by atoms with Crippen molar-refractivity contribution in [3.05, 3.63) is 80.1 Å². The van der Waals surface area contributed by atoms with Crippen molar-refractivity contribution in [2.45, 2.75) is 66.2 Å². The molecule has 0 saturated carbocycles. The van der Waals surface area contributed by atoms with Gasteiger partial charge in [0.2, 0.25) is 0 Å². The molecule has 0 spiro atoms. The lowest BCUT2D eigenvalue weighted by atomic mass is 9.63. The van der Waals surface area contributed by atoms with E-state index in [0.717, 1.165) is 28.7 Å². The van der Waals surface area contributed by atoms with Gasteiger partial charge in [0.25, 0.3) is 5.91 Å². The number of nitrogens with one attached hydrogen (secondary N) is 1. The topological polar surface area (TPSA) is 75.7 Å². The fourth-order valence-electron chi connectivity index (χ4n) is 6.51. The van der Waals surface area contributed by atoms with E-state index in [1.807, 2.05) is 12.1 Å². The van der Waals surface area contributed by atoms with Crippen LogP contribution in [0.15, 0.2) is 69.5 Å². The number of nitrogens with zero attached hydrogens (tertiary/aromatic N) is 1. The number of amides is 1. The maximum atomic E-state index is 13.9. The molecule has 0 saturated heterocycles. The van der Waals surface area contributed by atoms with Crippen molar-refractivity contribution in [3.8, 4) is 5.75 Å². The van der Waals surface area contributed by atoms with Gasteiger partial charge in [0.1, 0.15) is 5.75 Å². The molecule has 2 aromatic rings. The summed E-state index contributed by atoms with van der Waals surface area (Å²) in [6.45, 7) is 11.0. The SMILES string of the molecule is CCN1C2=C(C(=O)CC(C)(C)C2)C(c2cc(Br)ccc2OCC(=O)Nc2ccccc2Cl)C2=C1CC(C)(C)CC2=O. The van der Waals surface area contributed by atoms with Gasteiger partial charge in [-0.25, -0.2) is 0 Å². The van der Waals surface area contributed by atoms with E-state index in [1.54, 1.807) is 30.3 Å². The molecule has 2 aliphatic carbocycles. The van der Waals surface area contributed by atoms with Gasteiger partial charge in [-0.1, -0.05) is 67.4 Å². The normalized spacial score (nSPS) is 20.1. The molecule has 0 unspecified atom stereocenters. The second-order valence-corrected chi connectivity index (χ2v) is 14.1. The van der Waals surface area contributed by atoms with Crippen molar-refractivity contribution in [1.82, 2.24) is 4.90 Å². The molecule has 2 aromatic carbocycles.